The smallest absolute Gasteiger partial charge is 0.472 e. The zero-order valence-corrected chi connectivity index (χ0v) is 36.6. The highest BCUT2D eigenvalue weighted by molar-refractivity contribution is 7.47. The Morgan fingerprint density at radius 1 is 0.579 bits per heavy atom. The van der Waals surface area contributed by atoms with E-state index in [9.17, 15) is 19.0 Å². The lowest BCUT2D eigenvalue weighted by molar-refractivity contribution is -0.154. The SMILES string of the molecule is CC/C=C\C/C=C\C/C=C\C/C=C\C/C=C\C/C=C\CCCCCCCOCC(COP(=O)(O)OCC(N)C(=O)O)OC(=O)CCCCCCCCCCCCC. The Hall–Kier alpha value is -2.59. The van der Waals surface area contributed by atoms with Crippen molar-refractivity contribution in [2.75, 3.05) is 26.4 Å². The zero-order chi connectivity index (χ0) is 41.9. The van der Waals surface area contributed by atoms with Crippen LogP contribution in [0.25, 0.3) is 0 Å². The number of carbonyl (C=O) groups excluding carboxylic acids is 1. The van der Waals surface area contributed by atoms with Gasteiger partial charge < -0.3 is 25.2 Å². The second kappa shape index (κ2) is 41.6. The van der Waals surface area contributed by atoms with E-state index in [0.29, 0.717) is 13.0 Å². The van der Waals surface area contributed by atoms with Crippen molar-refractivity contribution in [3.05, 3.63) is 72.9 Å². The molecule has 0 radical (unpaired) electrons. The predicted molar refractivity (Wildman–Crippen MR) is 235 cm³/mol. The minimum atomic E-state index is -4.62. The summed E-state index contributed by atoms with van der Waals surface area (Å²) in [5.74, 6) is -1.79. The Balaban J connectivity index is 4.23. The zero-order valence-electron chi connectivity index (χ0n) is 35.7. The summed E-state index contributed by atoms with van der Waals surface area (Å²) in [6.45, 7) is 3.70. The first-order chi connectivity index (χ1) is 27.7. The number of hydrogen-bond donors (Lipinski definition) is 3. The molecule has 3 atom stereocenters. The summed E-state index contributed by atoms with van der Waals surface area (Å²) in [5, 5.41) is 8.89. The van der Waals surface area contributed by atoms with Gasteiger partial charge in [0.25, 0.3) is 0 Å². The number of hydrogen-bond acceptors (Lipinski definition) is 8. The maximum Gasteiger partial charge on any atom is 0.472 e. The molecule has 328 valence electrons. The number of phosphoric acid groups is 1. The van der Waals surface area contributed by atoms with Crippen LogP contribution >= 0.6 is 7.82 Å². The van der Waals surface area contributed by atoms with Crippen LogP contribution in [0.2, 0.25) is 0 Å². The molecule has 4 N–H and O–H groups in total. The fourth-order valence-corrected chi connectivity index (χ4v) is 6.38. The second-order valence-corrected chi connectivity index (χ2v) is 15.9. The van der Waals surface area contributed by atoms with E-state index in [0.717, 1.165) is 96.3 Å². The summed E-state index contributed by atoms with van der Waals surface area (Å²) in [5.41, 5.74) is 5.35. The molecule has 0 saturated carbocycles. The molecule has 0 aromatic rings. The molecular weight excluding hydrogens is 741 g/mol. The van der Waals surface area contributed by atoms with Crippen LogP contribution in [0.1, 0.15) is 168 Å². The minimum absolute atomic E-state index is 0.00131. The fraction of sp³-hybridized carbons (Fsp3) is 0.696. The van der Waals surface area contributed by atoms with Crippen LogP contribution < -0.4 is 5.73 Å². The molecule has 0 aliphatic carbocycles. The highest BCUT2D eigenvalue weighted by Crippen LogP contribution is 2.43. The summed E-state index contributed by atoms with van der Waals surface area (Å²) >= 11 is 0. The Kier molecular flexibility index (Phi) is 39.7. The number of esters is 1. The van der Waals surface area contributed by atoms with Crippen LogP contribution in [0.3, 0.4) is 0 Å². The molecule has 0 aliphatic heterocycles. The summed E-state index contributed by atoms with van der Waals surface area (Å²) in [4.78, 5) is 33.5. The van der Waals surface area contributed by atoms with Crippen molar-refractivity contribution in [3.8, 4) is 0 Å². The average molecular weight is 822 g/mol. The van der Waals surface area contributed by atoms with Gasteiger partial charge in [0.2, 0.25) is 0 Å². The fourth-order valence-electron chi connectivity index (χ4n) is 5.61. The Morgan fingerprint density at radius 2 is 1.02 bits per heavy atom. The van der Waals surface area contributed by atoms with Gasteiger partial charge in [0.1, 0.15) is 12.1 Å². The highest BCUT2D eigenvalue weighted by Gasteiger charge is 2.27. The summed E-state index contributed by atoms with van der Waals surface area (Å²) in [6, 6.07) is -1.48. The maximum absolute atomic E-state index is 12.6. The van der Waals surface area contributed by atoms with E-state index in [2.05, 4.69) is 86.8 Å². The molecule has 11 heteroatoms. The molecule has 0 heterocycles. The number of carboxylic acids is 1. The number of unbranched alkanes of at least 4 members (excludes halogenated alkanes) is 15. The van der Waals surface area contributed by atoms with E-state index < -0.39 is 45.1 Å². The van der Waals surface area contributed by atoms with Gasteiger partial charge in [-0.05, 0) is 64.2 Å². The number of nitrogens with two attached hydrogens (primary N) is 1. The molecule has 0 amide bonds. The number of ether oxygens (including phenoxy) is 2. The van der Waals surface area contributed by atoms with Crippen molar-refractivity contribution < 1.29 is 42.7 Å². The number of aliphatic carboxylic acids is 1. The number of allylic oxidation sites excluding steroid dienone is 12. The highest BCUT2D eigenvalue weighted by atomic mass is 31.2. The van der Waals surface area contributed by atoms with Crippen LogP contribution in [0.5, 0.6) is 0 Å². The van der Waals surface area contributed by atoms with E-state index >= 15 is 0 Å². The lowest BCUT2D eigenvalue weighted by Gasteiger charge is -2.20. The van der Waals surface area contributed by atoms with Crippen LogP contribution in [0.4, 0.5) is 0 Å². The van der Waals surface area contributed by atoms with E-state index in [4.69, 9.17) is 29.4 Å². The van der Waals surface area contributed by atoms with E-state index in [1.165, 1.54) is 44.9 Å². The standard InChI is InChI=1S/C46H80NO9P/c1-3-5-7-9-11-13-15-16-17-18-19-20-21-22-23-24-25-26-27-29-31-33-35-37-39-53-40-43(41-54-57(51,52)55-42-44(47)46(49)50)56-45(48)38-36-34-32-30-28-14-12-10-8-6-4-2/h5,7,11,13,16-17,19-20,22-23,25-26,43-44H,3-4,6,8-10,12,14-15,18,21,24,27-42,47H2,1-2H3,(H,49,50)(H,51,52)/b7-5-,13-11-,17-16-,20-19-,23-22-,26-25-. The number of carbonyl (C=O) groups is 2. The Bertz CT molecular complexity index is 1180. The van der Waals surface area contributed by atoms with E-state index in [-0.39, 0.29) is 13.0 Å². The lowest BCUT2D eigenvalue weighted by atomic mass is 10.1. The van der Waals surface area contributed by atoms with Gasteiger partial charge in [0, 0.05) is 13.0 Å². The minimum Gasteiger partial charge on any atom is -0.480 e. The summed E-state index contributed by atoms with van der Waals surface area (Å²) < 4.78 is 33.3. The van der Waals surface area contributed by atoms with Gasteiger partial charge in [-0.2, -0.15) is 0 Å². The first kappa shape index (κ1) is 54.4. The monoisotopic (exact) mass is 822 g/mol. The maximum atomic E-state index is 12.6. The van der Waals surface area contributed by atoms with Gasteiger partial charge >= 0.3 is 19.8 Å². The molecule has 10 nitrogen and oxygen atoms in total. The van der Waals surface area contributed by atoms with Crippen molar-refractivity contribution in [2.45, 2.75) is 180 Å². The van der Waals surface area contributed by atoms with Gasteiger partial charge in [-0.1, -0.05) is 170 Å². The van der Waals surface area contributed by atoms with Gasteiger partial charge in [-0.25, -0.2) is 4.57 Å². The van der Waals surface area contributed by atoms with Crippen LogP contribution in [-0.2, 0) is 32.7 Å². The third-order valence-electron chi connectivity index (χ3n) is 9.00. The first-order valence-corrected chi connectivity index (χ1v) is 23.5. The predicted octanol–water partition coefficient (Wildman–Crippen LogP) is 12.2. The molecule has 0 aliphatic rings. The van der Waals surface area contributed by atoms with Crippen molar-refractivity contribution in [3.63, 3.8) is 0 Å². The molecule has 0 saturated heterocycles. The summed E-state index contributed by atoms with van der Waals surface area (Å²) in [6.07, 6.45) is 51.0. The first-order valence-electron chi connectivity index (χ1n) is 22.0. The lowest BCUT2D eigenvalue weighted by Crippen LogP contribution is -2.34. The van der Waals surface area contributed by atoms with E-state index in [1.54, 1.807) is 0 Å². The molecule has 0 rings (SSSR count). The van der Waals surface area contributed by atoms with Gasteiger partial charge in [0.15, 0.2) is 0 Å². The number of phosphoric ester groups is 1. The number of rotatable bonds is 41. The Labute approximate surface area is 346 Å². The Morgan fingerprint density at radius 3 is 1.53 bits per heavy atom. The summed E-state index contributed by atoms with van der Waals surface area (Å²) in [7, 11) is -4.62. The molecule has 0 bridgehead atoms. The molecule has 0 fully saturated rings. The van der Waals surface area contributed by atoms with Crippen molar-refractivity contribution in [1.29, 1.82) is 0 Å². The third kappa shape index (κ3) is 41.4. The molecule has 57 heavy (non-hydrogen) atoms. The molecule has 0 aromatic carbocycles. The third-order valence-corrected chi connectivity index (χ3v) is 9.95. The second-order valence-electron chi connectivity index (χ2n) is 14.4. The van der Waals surface area contributed by atoms with Crippen LogP contribution in [0.15, 0.2) is 72.9 Å². The topological polar surface area (TPSA) is 155 Å². The molecule has 3 unspecified atom stereocenters. The van der Waals surface area contributed by atoms with Crippen molar-refractivity contribution in [1.82, 2.24) is 0 Å². The number of carboxylic acid groups (broad SMARTS) is 1. The van der Waals surface area contributed by atoms with Crippen LogP contribution in [0, 0.1) is 0 Å². The van der Waals surface area contributed by atoms with Gasteiger partial charge in [0.05, 0.1) is 19.8 Å². The van der Waals surface area contributed by atoms with Crippen LogP contribution in [-0.4, -0.2) is 60.5 Å². The van der Waals surface area contributed by atoms with Gasteiger partial charge in [-0.3, -0.25) is 18.6 Å². The molecule has 0 aromatic heterocycles. The quantitative estimate of drug-likeness (QED) is 0.0235. The normalized spacial score (nSPS) is 14.6. The van der Waals surface area contributed by atoms with Gasteiger partial charge in [-0.15, -0.1) is 0 Å². The molecule has 0 spiro atoms. The average Bonchev–Trinajstić information content (AvgIpc) is 3.19. The molecular formula is C46H80NO9P. The van der Waals surface area contributed by atoms with Crippen molar-refractivity contribution in [2.24, 2.45) is 5.73 Å². The largest absolute Gasteiger partial charge is 0.480 e. The van der Waals surface area contributed by atoms with E-state index in [1.807, 2.05) is 0 Å². The van der Waals surface area contributed by atoms with Crippen molar-refractivity contribution >= 4 is 19.8 Å².